The van der Waals surface area contributed by atoms with Gasteiger partial charge in [0.25, 0.3) is 5.91 Å². The van der Waals surface area contributed by atoms with Crippen molar-refractivity contribution in [3.05, 3.63) is 22.5 Å². The van der Waals surface area contributed by atoms with E-state index in [1.54, 1.807) is 0 Å². The third-order valence-corrected chi connectivity index (χ3v) is 5.46. The molecule has 2 aromatic heterocycles. The molecule has 2 N–H and O–H groups in total. The van der Waals surface area contributed by atoms with Gasteiger partial charge in [0, 0.05) is 12.6 Å². The Hall–Kier alpha value is -2.47. The molecular weight excluding hydrogens is 411 g/mol. The standard InChI is InChI=1S/C17H20F3N5O3S/c1-27-14-11(15(28-2)23-8-22-14)13(26)25-16-24-12(17(18,19)20)10(29-16)7-21-9-5-3-4-6-9/h8-9,21H,3-7H2,1-2H3,(H,24,25,26). The number of halogens is 3. The molecule has 0 unspecified atom stereocenters. The summed E-state index contributed by atoms with van der Waals surface area (Å²) in [4.78, 5) is 23.9. The van der Waals surface area contributed by atoms with Crippen LogP contribution in [-0.2, 0) is 12.7 Å². The lowest BCUT2D eigenvalue weighted by Gasteiger charge is -2.12. The van der Waals surface area contributed by atoms with Gasteiger partial charge in [-0.3, -0.25) is 10.1 Å². The number of carbonyl (C=O) groups is 1. The normalized spacial score (nSPS) is 14.8. The zero-order chi connectivity index (χ0) is 21.0. The summed E-state index contributed by atoms with van der Waals surface area (Å²) < 4.78 is 50.3. The molecule has 1 saturated carbocycles. The van der Waals surface area contributed by atoms with E-state index in [1.807, 2.05) is 0 Å². The summed E-state index contributed by atoms with van der Waals surface area (Å²) in [7, 11) is 2.60. The van der Waals surface area contributed by atoms with Crippen LogP contribution in [0.25, 0.3) is 0 Å². The highest BCUT2D eigenvalue weighted by Crippen LogP contribution is 2.37. The van der Waals surface area contributed by atoms with Gasteiger partial charge in [-0.15, -0.1) is 0 Å². The largest absolute Gasteiger partial charge is 0.480 e. The maximum absolute atomic E-state index is 13.4. The van der Waals surface area contributed by atoms with Crippen LogP contribution in [0.2, 0.25) is 0 Å². The first-order valence-corrected chi connectivity index (χ1v) is 9.69. The minimum Gasteiger partial charge on any atom is -0.480 e. The molecule has 158 valence electrons. The molecule has 2 aromatic rings. The molecule has 0 radical (unpaired) electrons. The smallest absolute Gasteiger partial charge is 0.434 e. The maximum Gasteiger partial charge on any atom is 0.434 e. The first-order chi connectivity index (χ1) is 13.8. The van der Waals surface area contributed by atoms with Crippen LogP contribution in [0.1, 0.15) is 46.6 Å². The molecule has 29 heavy (non-hydrogen) atoms. The van der Waals surface area contributed by atoms with Crippen LogP contribution < -0.4 is 20.1 Å². The first kappa shape index (κ1) is 21.2. The van der Waals surface area contributed by atoms with E-state index >= 15 is 0 Å². The van der Waals surface area contributed by atoms with Crippen LogP contribution in [0.3, 0.4) is 0 Å². The van der Waals surface area contributed by atoms with E-state index in [1.165, 1.54) is 14.2 Å². The number of nitrogens with zero attached hydrogens (tertiary/aromatic N) is 3. The number of amides is 1. The molecule has 8 nitrogen and oxygen atoms in total. The average Bonchev–Trinajstić information content (AvgIpc) is 3.34. The third-order valence-electron chi connectivity index (χ3n) is 4.48. The number of anilines is 1. The average molecular weight is 431 g/mol. The zero-order valence-electron chi connectivity index (χ0n) is 15.8. The maximum atomic E-state index is 13.4. The number of hydrogen-bond acceptors (Lipinski definition) is 8. The van der Waals surface area contributed by atoms with Gasteiger partial charge >= 0.3 is 6.18 Å². The second-order valence-corrected chi connectivity index (χ2v) is 7.46. The number of ether oxygens (including phenoxy) is 2. The Bertz CT molecular complexity index is 846. The quantitative estimate of drug-likeness (QED) is 0.694. The second-order valence-electron chi connectivity index (χ2n) is 6.37. The van der Waals surface area contributed by atoms with Crippen molar-refractivity contribution in [2.75, 3.05) is 19.5 Å². The van der Waals surface area contributed by atoms with E-state index in [-0.39, 0.29) is 39.9 Å². The van der Waals surface area contributed by atoms with Crippen LogP contribution in [-0.4, -0.2) is 41.1 Å². The minimum absolute atomic E-state index is 0.0166. The number of methoxy groups -OCH3 is 2. The van der Waals surface area contributed by atoms with Crippen molar-refractivity contribution < 1.29 is 27.4 Å². The number of nitrogens with one attached hydrogen (secondary N) is 2. The molecule has 1 aliphatic rings. The Morgan fingerprint density at radius 1 is 1.21 bits per heavy atom. The van der Waals surface area contributed by atoms with Gasteiger partial charge in [-0.2, -0.15) is 13.2 Å². The lowest BCUT2D eigenvalue weighted by molar-refractivity contribution is -0.141. The van der Waals surface area contributed by atoms with E-state index < -0.39 is 17.8 Å². The molecule has 0 aromatic carbocycles. The third kappa shape index (κ3) is 4.93. The Kier molecular flexibility index (Phi) is 6.52. The van der Waals surface area contributed by atoms with Crippen LogP contribution in [0.4, 0.5) is 18.3 Å². The van der Waals surface area contributed by atoms with E-state index in [0.29, 0.717) is 0 Å². The van der Waals surface area contributed by atoms with Gasteiger partial charge < -0.3 is 14.8 Å². The van der Waals surface area contributed by atoms with Crippen molar-refractivity contribution in [3.63, 3.8) is 0 Å². The summed E-state index contributed by atoms with van der Waals surface area (Å²) in [6.45, 7) is 0.0359. The van der Waals surface area contributed by atoms with Gasteiger partial charge in [0.05, 0.1) is 19.1 Å². The van der Waals surface area contributed by atoms with E-state index in [0.717, 1.165) is 43.3 Å². The summed E-state index contributed by atoms with van der Waals surface area (Å²) in [5.41, 5.74) is -1.14. The molecule has 0 bridgehead atoms. The molecular formula is C17H20F3N5O3S. The minimum atomic E-state index is -4.63. The summed E-state index contributed by atoms with van der Waals surface area (Å²) in [6.07, 6.45) is 0.533. The van der Waals surface area contributed by atoms with Crippen molar-refractivity contribution in [2.45, 2.75) is 44.4 Å². The SMILES string of the molecule is COc1ncnc(OC)c1C(=O)Nc1nc(C(F)(F)F)c(CNC2CCCC2)s1. The molecule has 1 aliphatic carbocycles. The molecule has 1 fully saturated rings. The van der Waals surface area contributed by atoms with E-state index in [9.17, 15) is 18.0 Å². The number of rotatable bonds is 7. The molecule has 0 saturated heterocycles. The number of thiazole rings is 1. The van der Waals surface area contributed by atoms with Crippen LogP contribution in [0.5, 0.6) is 11.8 Å². The molecule has 3 rings (SSSR count). The van der Waals surface area contributed by atoms with Crippen molar-refractivity contribution in [1.29, 1.82) is 0 Å². The number of carbonyl (C=O) groups excluding carboxylic acids is 1. The van der Waals surface area contributed by atoms with Crippen molar-refractivity contribution in [1.82, 2.24) is 20.3 Å². The lowest BCUT2D eigenvalue weighted by atomic mass is 10.2. The van der Waals surface area contributed by atoms with Crippen molar-refractivity contribution in [2.24, 2.45) is 0 Å². The Labute approximate surface area is 168 Å². The van der Waals surface area contributed by atoms with Gasteiger partial charge in [0.15, 0.2) is 16.4 Å². The predicted molar refractivity (Wildman–Crippen MR) is 99.3 cm³/mol. The van der Waals surface area contributed by atoms with Crippen molar-refractivity contribution >= 4 is 22.4 Å². The molecule has 1 amide bonds. The Morgan fingerprint density at radius 2 is 1.83 bits per heavy atom. The number of hydrogen-bond donors (Lipinski definition) is 2. The van der Waals surface area contributed by atoms with Gasteiger partial charge in [0.2, 0.25) is 11.8 Å². The van der Waals surface area contributed by atoms with E-state index in [4.69, 9.17) is 9.47 Å². The fourth-order valence-electron chi connectivity index (χ4n) is 3.13. The molecule has 0 atom stereocenters. The topological polar surface area (TPSA) is 98.3 Å². The summed E-state index contributed by atoms with van der Waals surface area (Å²) in [6, 6.07) is 0.200. The molecule has 0 spiro atoms. The zero-order valence-corrected chi connectivity index (χ0v) is 16.6. The van der Waals surface area contributed by atoms with Crippen molar-refractivity contribution in [3.8, 4) is 11.8 Å². The summed E-state index contributed by atoms with van der Waals surface area (Å²) >= 11 is 0.772. The molecule has 2 heterocycles. The fourth-order valence-corrected chi connectivity index (χ4v) is 4.06. The van der Waals surface area contributed by atoms with Crippen LogP contribution in [0, 0.1) is 0 Å². The predicted octanol–water partition coefficient (Wildman–Crippen LogP) is 3.25. The van der Waals surface area contributed by atoms with Gasteiger partial charge in [0.1, 0.15) is 6.33 Å². The highest BCUT2D eigenvalue weighted by molar-refractivity contribution is 7.15. The van der Waals surface area contributed by atoms with Gasteiger partial charge in [-0.25, -0.2) is 15.0 Å². The summed E-state index contributed by atoms with van der Waals surface area (Å²) in [5, 5.41) is 5.33. The van der Waals surface area contributed by atoms with Crippen LogP contribution >= 0.6 is 11.3 Å². The number of alkyl halides is 3. The first-order valence-electron chi connectivity index (χ1n) is 8.88. The Morgan fingerprint density at radius 3 is 2.38 bits per heavy atom. The highest BCUT2D eigenvalue weighted by atomic mass is 32.1. The molecule has 12 heteroatoms. The van der Waals surface area contributed by atoms with E-state index in [2.05, 4.69) is 25.6 Å². The highest BCUT2D eigenvalue weighted by Gasteiger charge is 2.38. The van der Waals surface area contributed by atoms with Crippen LogP contribution in [0.15, 0.2) is 6.33 Å². The van der Waals surface area contributed by atoms with Gasteiger partial charge in [-0.05, 0) is 12.8 Å². The second kappa shape index (κ2) is 8.91. The number of aromatic nitrogens is 3. The molecule has 0 aliphatic heterocycles. The lowest BCUT2D eigenvalue weighted by Crippen LogP contribution is -2.26. The summed E-state index contributed by atoms with van der Waals surface area (Å²) in [5.74, 6) is -0.910. The Balaban J connectivity index is 1.83. The van der Waals surface area contributed by atoms with Gasteiger partial charge in [-0.1, -0.05) is 24.2 Å². The monoisotopic (exact) mass is 431 g/mol. The fraction of sp³-hybridized carbons (Fsp3) is 0.529.